The Hall–Kier alpha value is -0.690. The minimum atomic E-state index is -0.428. The molecule has 18 heavy (non-hydrogen) atoms. The van der Waals surface area contributed by atoms with Crippen molar-refractivity contribution in [1.29, 1.82) is 0 Å². The predicted molar refractivity (Wildman–Crippen MR) is 77.1 cm³/mol. The van der Waals surface area contributed by atoms with Gasteiger partial charge in [-0.05, 0) is 54.6 Å². The molecule has 0 aromatic heterocycles. The number of carbonyl (C=O) groups excluding carboxylic acids is 1. The third-order valence-electron chi connectivity index (χ3n) is 3.37. The Balaban J connectivity index is 2.13. The van der Waals surface area contributed by atoms with Gasteiger partial charge in [-0.25, -0.2) is 4.39 Å². The van der Waals surface area contributed by atoms with Crippen LogP contribution in [0.25, 0.3) is 0 Å². The molecule has 0 radical (unpaired) electrons. The van der Waals surface area contributed by atoms with E-state index in [0.717, 1.165) is 12.8 Å². The molecular weight excluding hydrogens is 346 g/mol. The maximum absolute atomic E-state index is 13.7. The zero-order chi connectivity index (χ0) is 13.1. The second-order valence-corrected chi connectivity index (χ2v) is 5.61. The first-order chi connectivity index (χ1) is 8.63. The Labute approximate surface area is 120 Å². The average molecular weight is 362 g/mol. The van der Waals surface area contributed by atoms with E-state index < -0.39 is 5.82 Å². The molecule has 1 aliphatic heterocycles. The Morgan fingerprint density at radius 1 is 1.44 bits per heavy atom. The van der Waals surface area contributed by atoms with Gasteiger partial charge in [0, 0.05) is 22.7 Å². The number of halogens is 2. The second kappa shape index (κ2) is 5.97. The molecule has 0 spiro atoms. The maximum atomic E-state index is 13.7. The van der Waals surface area contributed by atoms with Crippen LogP contribution in [0.15, 0.2) is 18.2 Å². The molecule has 0 atom stereocenters. The number of carbonyl (C=O) groups is 1. The van der Waals surface area contributed by atoms with Crippen molar-refractivity contribution in [3.63, 3.8) is 0 Å². The van der Waals surface area contributed by atoms with Crippen LogP contribution < -0.4 is 5.32 Å². The molecule has 1 aromatic rings. The highest BCUT2D eigenvalue weighted by Crippen LogP contribution is 2.20. The van der Waals surface area contributed by atoms with Crippen molar-refractivity contribution >= 4 is 28.5 Å². The van der Waals surface area contributed by atoms with E-state index >= 15 is 0 Å². The third-order valence-corrected chi connectivity index (χ3v) is 4.27. The topological polar surface area (TPSA) is 32.3 Å². The lowest BCUT2D eigenvalue weighted by Gasteiger charge is -2.32. The van der Waals surface area contributed by atoms with Gasteiger partial charge >= 0.3 is 0 Å². The first-order valence-electron chi connectivity index (χ1n) is 6.04. The zero-order valence-electron chi connectivity index (χ0n) is 10.2. The highest BCUT2D eigenvalue weighted by atomic mass is 127. The van der Waals surface area contributed by atoms with Crippen LogP contribution in [0.4, 0.5) is 4.39 Å². The number of benzene rings is 1. The van der Waals surface area contributed by atoms with E-state index in [-0.39, 0.29) is 11.5 Å². The van der Waals surface area contributed by atoms with Crippen LogP contribution in [-0.4, -0.2) is 37.0 Å². The van der Waals surface area contributed by atoms with Crippen molar-refractivity contribution in [1.82, 2.24) is 10.2 Å². The number of rotatable bonds is 2. The molecule has 3 nitrogen and oxygen atoms in total. The molecule has 0 unspecified atom stereocenters. The number of hydrogen-bond donors (Lipinski definition) is 1. The van der Waals surface area contributed by atoms with Crippen molar-refractivity contribution in [3.8, 4) is 0 Å². The summed E-state index contributed by atoms with van der Waals surface area (Å²) in [5.41, 5.74) is 0.209. The van der Waals surface area contributed by atoms with Crippen LogP contribution in [0.5, 0.6) is 0 Å². The van der Waals surface area contributed by atoms with Crippen molar-refractivity contribution in [2.45, 2.75) is 18.9 Å². The van der Waals surface area contributed by atoms with Crippen LogP contribution in [0.2, 0.25) is 0 Å². The summed E-state index contributed by atoms with van der Waals surface area (Å²) in [6, 6.07) is 5.20. The molecule has 1 aliphatic rings. The van der Waals surface area contributed by atoms with Gasteiger partial charge in [0.2, 0.25) is 0 Å². The largest absolute Gasteiger partial charge is 0.338 e. The fourth-order valence-corrected chi connectivity index (χ4v) is 2.93. The van der Waals surface area contributed by atoms with Crippen LogP contribution in [0.1, 0.15) is 23.2 Å². The summed E-state index contributed by atoms with van der Waals surface area (Å²) in [6.07, 6.45) is 1.85. The quantitative estimate of drug-likeness (QED) is 0.819. The first kappa shape index (κ1) is 13.7. The molecule has 2 rings (SSSR count). The normalized spacial score (nSPS) is 16.9. The van der Waals surface area contributed by atoms with Gasteiger partial charge < -0.3 is 10.2 Å². The molecule has 1 N–H and O–H groups in total. The summed E-state index contributed by atoms with van der Waals surface area (Å²) in [7, 11) is 1.93. The van der Waals surface area contributed by atoms with E-state index in [2.05, 4.69) is 5.32 Å². The van der Waals surface area contributed by atoms with Gasteiger partial charge in [-0.15, -0.1) is 0 Å². The Morgan fingerprint density at radius 3 is 2.67 bits per heavy atom. The molecule has 5 heteroatoms. The molecule has 1 aromatic carbocycles. The molecule has 1 saturated heterocycles. The monoisotopic (exact) mass is 362 g/mol. The summed E-state index contributed by atoms with van der Waals surface area (Å²) < 4.78 is 14.4. The molecule has 1 heterocycles. The molecule has 0 saturated carbocycles. The van der Waals surface area contributed by atoms with Gasteiger partial charge in [0.15, 0.2) is 0 Å². The summed E-state index contributed by atoms with van der Waals surface area (Å²) in [6.45, 7) is 1.38. The Kier molecular flexibility index (Phi) is 4.55. The van der Waals surface area contributed by atoms with Crippen LogP contribution >= 0.6 is 22.6 Å². The zero-order valence-corrected chi connectivity index (χ0v) is 12.4. The molecule has 1 amide bonds. The van der Waals surface area contributed by atoms with Gasteiger partial charge in [0.05, 0.1) is 5.56 Å². The van der Waals surface area contributed by atoms with Gasteiger partial charge in [0.25, 0.3) is 5.91 Å². The Bertz CT molecular complexity index is 424. The lowest BCUT2D eigenvalue weighted by atomic mass is 10.0. The first-order valence-corrected chi connectivity index (χ1v) is 7.12. The number of nitrogens with zero attached hydrogens (tertiary/aromatic N) is 1. The lowest BCUT2D eigenvalue weighted by Crippen LogP contribution is -2.44. The summed E-state index contributed by atoms with van der Waals surface area (Å²) in [4.78, 5) is 14.0. The predicted octanol–water partition coefficient (Wildman–Crippen LogP) is 2.25. The number of piperidine rings is 1. The van der Waals surface area contributed by atoms with E-state index in [0.29, 0.717) is 22.7 Å². The summed E-state index contributed by atoms with van der Waals surface area (Å²) >= 11 is 2.01. The lowest BCUT2D eigenvalue weighted by molar-refractivity contribution is 0.0701. The van der Waals surface area contributed by atoms with Crippen molar-refractivity contribution in [2.75, 3.05) is 20.1 Å². The van der Waals surface area contributed by atoms with Crippen molar-refractivity contribution in [3.05, 3.63) is 33.1 Å². The highest BCUT2D eigenvalue weighted by Gasteiger charge is 2.25. The minimum Gasteiger partial charge on any atom is -0.338 e. The number of nitrogens with one attached hydrogen (secondary N) is 1. The standard InChI is InChI=1S/C13H16FIN2O/c1-16-9-5-7-17(8-6-9)13(18)12-10(14)3-2-4-11(12)15/h2-4,9,16H,5-8H2,1H3. The minimum absolute atomic E-state index is 0.188. The highest BCUT2D eigenvalue weighted by molar-refractivity contribution is 14.1. The van der Waals surface area contributed by atoms with Crippen molar-refractivity contribution < 1.29 is 9.18 Å². The number of likely N-dealkylation sites (tertiary alicyclic amines) is 1. The number of amides is 1. The SMILES string of the molecule is CNC1CCN(C(=O)c2c(F)cccc2I)CC1. The van der Waals surface area contributed by atoms with E-state index in [9.17, 15) is 9.18 Å². The fourth-order valence-electron chi connectivity index (χ4n) is 2.23. The third kappa shape index (κ3) is 2.83. The second-order valence-electron chi connectivity index (χ2n) is 4.45. The average Bonchev–Trinajstić information content (AvgIpc) is 2.38. The molecule has 98 valence electrons. The summed E-state index contributed by atoms with van der Waals surface area (Å²) in [5, 5.41) is 3.21. The van der Waals surface area contributed by atoms with Gasteiger partial charge in [-0.1, -0.05) is 6.07 Å². The molecular formula is C13H16FIN2O. The van der Waals surface area contributed by atoms with E-state index in [4.69, 9.17) is 0 Å². The van der Waals surface area contributed by atoms with E-state index in [1.54, 1.807) is 17.0 Å². The molecule has 0 aliphatic carbocycles. The Morgan fingerprint density at radius 2 is 2.11 bits per heavy atom. The van der Waals surface area contributed by atoms with E-state index in [1.165, 1.54) is 6.07 Å². The molecule has 0 bridgehead atoms. The smallest absolute Gasteiger partial charge is 0.257 e. The van der Waals surface area contributed by atoms with Crippen LogP contribution in [0.3, 0.4) is 0 Å². The van der Waals surface area contributed by atoms with Gasteiger partial charge in [-0.3, -0.25) is 4.79 Å². The van der Waals surface area contributed by atoms with Crippen molar-refractivity contribution in [2.24, 2.45) is 0 Å². The van der Waals surface area contributed by atoms with Crippen LogP contribution in [-0.2, 0) is 0 Å². The number of hydrogen-bond acceptors (Lipinski definition) is 2. The van der Waals surface area contributed by atoms with Gasteiger partial charge in [0.1, 0.15) is 5.82 Å². The van der Waals surface area contributed by atoms with E-state index in [1.807, 2.05) is 29.6 Å². The maximum Gasteiger partial charge on any atom is 0.257 e. The fraction of sp³-hybridized carbons (Fsp3) is 0.462. The van der Waals surface area contributed by atoms with Gasteiger partial charge in [-0.2, -0.15) is 0 Å². The molecule has 1 fully saturated rings. The summed E-state index contributed by atoms with van der Waals surface area (Å²) in [5.74, 6) is -0.616. The van der Waals surface area contributed by atoms with Crippen LogP contribution in [0, 0.1) is 9.39 Å².